The van der Waals surface area contributed by atoms with Gasteiger partial charge in [0.05, 0.1) is 12.6 Å². The standard InChI is InChI=1S/C6H10F3NO2/c1-2-4(3-11)10-5(12)6(7,8)9/h4,11H,2-3H2,1H3,(H,10,12)/t4-/m0/s1. The van der Waals surface area contributed by atoms with Crippen LogP contribution >= 0.6 is 0 Å². The van der Waals surface area contributed by atoms with E-state index in [2.05, 4.69) is 0 Å². The van der Waals surface area contributed by atoms with Crippen LogP contribution in [0.25, 0.3) is 0 Å². The number of nitrogens with one attached hydrogen (secondary N) is 1. The lowest BCUT2D eigenvalue weighted by molar-refractivity contribution is -0.174. The van der Waals surface area contributed by atoms with Gasteiger partial charge in [-0.2, -0.15) is 13.2 Å². The third kappa shape index (κ3) is 3.56. The number of hydrogen-bond donors (Lipinski definition) is 2. The monoisotopic (exact) mass is 185 g/mol. The number of amides is 1. The minimum Gasteiger partial charge on any atom is -0.394 e. The first-order valence-electron chi connectivity index (χ1n) is 3.40. The maximum atomic E-state index is 11.6. The first-order valence-corrected chi connectivity index (χ1v) is 3.40. The normalized spacial score (nSPS) is 14.1. The third-order valence-electron chi connectivity index (χ3n) is 1.31. The van der Waals surface area contributed by atoms with Gasteiger partial charge in [-0.3, -0.25) is 4.79 Å². The van der Waals surface area contributed by atoms with Crippen molar-refractivity contribution in [1.82, 2.24) is 5.32 Å². The van der Waals surface area contributed by atoms with Gasteiger partial charge in [0, 0.05) is 0 Å². The number of carbonyl (C=O) groups excluding carboxylic acids is 1. The Kier molecular flexibility index (Phi) is 4.02. The molecule has 0 aromatic carbocycles. The van der Waals surface area contributed by atoms with E-state index in [4.69, 9.17) is 5.11 Å². The molecule has 0 spiro atoms. The number of aliphatic hydroxyl groups excluding tert-OH is 1. The molecule has 1 amide bonds. The van der Waals surface area contributed by atoms with Gasteiger partial charge in [0.1, 0.15) is 0 Å². The molecule has 1 atom stereocenters. The van der Waals surface area contributed by atoms with E-state index in [0.29, 0.717) is 0 Å². The molecule has 0 saturated carbocycles. The Morgan fingerprint density at radius 1 is 1.58 bits per heavy atom. The van der Waals surface area contributed by atoms with Gasteiger partial charge < -0.3 is 10.4 Å². The van der Waals surface area contributed by atoms with Gasteiger partial charge in [-0.05, 0) is 6.42 Å². The molecule has 2 N–H and O–H groups in total. The summed E-state index contributed by atoms with van der Waals surface area (Å²) < 4.78 is 34.8. The van der Waals surface area contributed by atoms with Crippen LogP contribution in [0.2, 0.25) is 0 Å². The number of hydrogen-bond acceptors (Lipinski definition) is 2. The summed E-state index contributed by atoms with van der Waals surface area (Å²) >= 11 is 0. The fraction of sp³-hybridized carbons (Fsp3) is 0.833. The topological polar surface area (TPSA) is 49.3 Å². The number of rotatable bonds is 3. The molecule has 6 heteroatoms. The molecule has 0 aliphatic heterocycles. The van der Waals surface area contributed by atoms with Crippen LogP contribution in [0.15, 0.2) is 0 Å². The molecule has 12 heavy (non-hydrogen) atoms. The fourth-order valence-electron chi connectivity index (χ4n) is 0.544. The maximum absolute atomic E-state index is 11.6. The highest BCUT2D eigenvalue weighted by molar-refractivity contribution is 5.81. The van der Waals surface area contributed by atoms with Crippen LogP contribution in [0, 0.1) is 0 Å². The Morgan fingerprint density at radius 2 is 2.08 bits per heavy atom. The molecule has 0 aromatic heterocycles. The van der Waals surface area contributed by atoms with Gasteiger partial charge in [-0.15, -0.1) is 0 Å². The van der Waals surface area contributed by atoms with Crippen LogP contribution in [0.5, 0.6) is 0 Å². The van der Waals surface area contributed by atoms with E-state index in [1.807, 2.05) is 0 Å². The fourth-order valence-corrected chi connectivity index (χ4v) is 0.544. The van der Waals surface area contributed by atoms with E-state index in [-0.39, 0.29) is 6.42 Å². The minimum atomic E-state index is -4.87. The van der Waals surface area contributed by atoms with Crippen LogP contribution in [0.4, 0.5) is 13.2 Å². The van der Waals surface area contributed by atoms with Crippen molar-refractivity contribution in [3.05, 3.63) is 0 Å². The van der Waals surface area contributed by atoms with Gasteiger partial charge >= 0.3 is 12.1 Å². The van der Waals surface area contributed by atoms with E-state index < -0.39 is 24.7 Å². The minimum absolute atomic E-state index is 0.262. The summed E-state index contributed by atoms with van der Waals surface area (Å²) in [5, 5.41) is 10.1. The average Bonchev–Trinajstić information content (AvgIpc) is 1.97. The average molecular weight is 185 g/mol. The molecule has 0 saturated heterocycles. The Morgan fingerprint density at radius 3 is 2.33 bits per heavy atom. The van der Waals surface area contributed by atoms with Gasteiger partial charge in [0.25, 0.3) is 0 Å². The summed E-state index contributed by atoms with van der Waals surface area (Å²) in [7, 11) is 0. The molecule has 0 aliphatic rings. The molecular weight excluding hydrogens is 175 g/mol. The Labute approximate surface area is 67.6 Å². The lowest BCUT2D eigenvalue weighted by Gasteiger charge is -2.14. The molecule has 72 valence electrons. The van der Waals surface area contributed by atoms with Crippen molar-refractivity contribution < 1.29 is 23.1 Å². The summed E-state index contributed by atoms with van der Waals surface area (Å²) in [6.45, 7) is 1.08. The van der Waals surface area contributed by atoms with Crippen LogP contribution in [0.3, 0.4) is 0 Å². The highest BCUT2D eigenvalue weighted by atomic mass is 19.4. The van der Waals surface area contributed by atoms with Crippen molar-refractivity contribution in [2.24, 2.45) is 0 Å². The first kappa shape index (κ1) is 11.2. The quantitative estimate of drug-likeness (QED) is 0.670. The molecule has 0 aliphatic carbocycles. The van der Waals surface area contributed by atoms with E-state index in [1.165, 1.54) is 0 Å². The van der Waals surface area contributed by atoms with E-state index in [9.17, 15) is 18.0 Å². The predicted molar refractivity (Wildman–Crippen MR) is 35.4 cm³/mol. The highest BCUT2D eigenvalue weighted by Crippen LogP contribution is 2.14. The lowest BCUT2D eigenvalue weighted by atomic mass is 10.2. The number of alkyl halides is 3. The second-order valence-electron chi connectivity index (χ2n) is 2.26. The van der Waals surface area contributed by atoms with Crippen LogP contribution in [-0.4, -0.2) is 29.8 Å². The van der Waals surface area contributed by atoms with Gasteiger partial charge in [-0.25, -0.2) is 0 Å². The Bertz CT molecular complexity index is 153. The van der Waals surface area contributed by atoms with Gasteiger partial charge in [0.2, 0.25) is 0 Å². The van der Waals surface area contributed by atoms with Crippen molar-refractivity contribution >= 4 is 5.91 Å². The summed E-state index contributed by atoms with van der Waals surface area (Å²) in [4.78, 5) is 10.2. The molecule has 0 bridgehead atoms. The smallest absolute Gasteiger partial charge is 0.394 e. The molecule has 0 heterocycles. The SMILES string of the molecule is CC[C@@H](CO)NC(=O)C(F)(F)F. The predicted octanol–water partition coefficient (Wildman–Crippen LogP) is 0.436. The number of carbonyl (C=O) groups is 1. The summed E-state index contributed by atoms with van der Waals surface area (Å²) in [6, 6.07) is -0.820. The van der Waals surface area contributed by atoms with Crippen molar-refractivity contribution in [3.63, 3.8) is 0 Å². The van der Waals surface area contributed by atoms with E-state index in [1.54, 1.807) is 12.2 Å². The zero-order valence-electron chi connectivity index (χ0n) is 6.48. The van der Waals surface area contributed by atoms with Crippen LogP contribution < -0.4 is 5.32 Å². The number of halogens is 3. The molecule has 0 radical (unpaired) electrons. The van der Waals surface area contributed by atoms with Crippen LogP contribution in [-0.2, 0) is 4.79 Å². The van der Waals surface area contributed by atoms with Crippen LogP contribution in [0.1, 0.15) is 13.3 Å². The lowest BCUT2D eigenvalue weighted by Crippen LogP contribution is -2.44. The first-order chi connectivity index (χ1) is 5.41. The maximum Gasteiger partial charge on any atom is 0.471 e. The highest BCUT2D eigenvalue weighted by Gasteiger charge is 2.39. The largest absolute Gasteiger partial charge is 0.471 e. The third-order valence-corrected chi connectivity index (χ3v) is 1.31. The summed E-state index contributed by atoms with van der Waals surface area (Å²) in [5.74, 6) is -2.01. The second kappa shape index (κ2) is 4.30. The molecule has 0 rings (SSSR count). The zero-order valence-corrected chi connectivity index (χ0v) is 6.48. The summed E-state index contributed by atoms with van der Waals surface area (Å²) in [6.07, 6.45) is -4.61. The van der Waals surface area contributed by atoms with Crippen molar-refractivity contribution in [3.8, 4) is 0 Å². The Hall–Kier alpha value is -0.780. The van der Waals surface area contributed by atoms with Crippen molar-refractivity contribution in [2.75, 3.05) is 6.61 Å². The van der Waals surface area contributed by atoms with Gasteiger partial charge in [-0.1, -0.05) is 6.92 Å². The number of aliphatic hydroxyl groups is 1. The molecule has 3 nitrogen and oxygen atoms in total. The summed E-state index contributed by atoms with van der Waals surface area (Å²) in [5.41, 5.74) is 0. The molecule has 0 aromatic rings. The molecule has 0 unspecified atom stereocenters. The van der Waals surface area contributed by atoms with Gasteiger partial charge in [0.15, 0.2) is 0 Å². The van der Waals surface area contributed by atoms with E-state index >= 15 is 0 Å². The molecule has 0 fully saturated rings. The molecular formula is C6H10F3NO2. The Balaban J connectivity index is 3.99. The van der Waals surface area contributed by atoms with E-state index in [0.717, 1.165) is 0 Å². The van der Waals surface area contributed by atoms with Crippen molar-refractivity contribution in [2.45, 2.75) is 25.6 Å². The zero-order chi connectivity index (χ0) is 9.78. The second-order valence-corrected chi connectivity index (χ2v) is 2.26. The van der Waals surface area contributed by atoms with Crippen molar-refractivity contribution in [1.29, 1.82) is 0 Å².